The number of benzene rings is 1. The summed E-state index contributed by atoms with van der Waals surface area (Å²) < 4.78 is 6.00. The number of rotatable bonds is 4. The van der Waals surface area contributed by atoms with Gasteiger partial charge in [-0.2, -0.15) is 11.3 Å². The lowest BCUT2D eigenvalue weighted by Gasteiger charge is -2.15. The van der Waals surface area contributed by atoms with Crippen molar-refractivity contribution in [3.8, 4) is 0 Å². The highest BCUT2D eigenvalue weighted by Crippen LogP contribution is 2.33. The van der Waals surface area contributed by atoms with Crippen LogP contribution in [0.1, 0.15) is 29.9 Å². The maximum absolute atomic E-state index is 6.20. The predicted octanol–water partition coefficient (Wildman–Crippen LogP) is 5.16. The van der Waals surface area contributed by atoms with Crippen molar-refractivity contribution >= 4 is 33.9 Å². The molecule has 0 spiro atoms. The summed E-state index contributed by atoms with van der Waals surface area (Å²) in [6, 6.07) is 7.98. The largest absolute Gasteiger partial charge is 0.457 e. The number of halogens is 1. The van der Waals surface area contributed by atoms with Crippen LogP contribution in [0.4, 0.5) is 0 Å². The summed E-state index contributed by atoms with van der Waals surface area (Å²) in [5, 5.41) is 9.54. The van der Waals surface area contributed by atoms with E-state index in [1.165, 1.54) is 11.1 Å². The van der Waals surface area contributed by atoms with Gasteiger partial charge in [0, 0.05) is 5.39 Å². The molecule has 3 rings (SSSR count). The Bertz CT molecular complexity index is 731. The summed E-state index contributed by atoms with van der Waals surface area (Å²) >= 11 is 7.91. The van der Waals surface area contributed by atoms with Gasteiger partial charge in [0.05, 0.1) is 11.1 Å². The highest BCUT2D eigenvalue weighted by Gasteiger charge is 2.20. The number of thiophene rings is 1. The molecule has 4 heteroatoms. The molecule has 2 heterocycles. The summed E-state index contributed by atoms with van der Waals surface area (Å²) in [7, 11) is 0. The lowest BCUT2D eigenvalue weighted by molar-refractivity contribution is 0.477. The predicted molar refractivity (Wildman–Crippen MR) is 85.8 cm³/mol. The highest BCUT2D eigenvalue weighted by molar-refractivity contribution is 7.08. The fraction of sp³-hybridized carbons (Fsp3) is 0.250. The molecule has 0 aliphatic carbocycles. The van der Waals surface area contributed by atoms with E-state index >= 15 is 0 Å². The van der Waals surface area contributed by atoms with E-state index in [-0.39, 0.29) is 6.04 Å². The molecule has 0 fully saturated rings. The second-order valence-corrected chi connectivity index (χ2v) is 5.96. The minimum Gasteiger partial charge on any atom is -0.457 e. The van der Waals surface area contributed by atoms with Crippen molar-refractivity contribution in [3.63, 3.8) is 0 Å². The van der Waals surface area contributed by atoms with Gasteiger partial charge in [0.1, 0.15) is 5.76 Å². The molecular formula is C16H16ClNOS. The molecule has 0 saturated carbocycles. The Kier molecular flexibility index (Phi) is 3.83. The van der Waals surface area contributed by atoms with Gasteiger partial charge in [0.25, 0.3) is 0 Å². The quantitative estimate of drug-likeness (QED) is 0.720. The van der Waals surface area contributed by atoms with Crippen molar-refractivity contribution in [3.05, 3.63) is 56.9 Å². The van der Waals surface area contributed by atoms with E-state index in [0.29, 0.717) is 5.02 Å². The summed E-state index contributed by atoms with van der Waals surface area (Å²) in [6.45, 7) is 5.11. The average molecular weight is 306 g/mol. The van der Waals surface area contributed by atoms with Crippen LogP contribution in [0.5, 0.6) is 0 Å². The Morgan fingerprint density at radius 3 is 2.85 bits per heavy atom. The van der Waals surface area contributed by atoms with E-state index in [9.17, 15) is 0 Å². The minimum atomic E-state index is 0.0784. The first-order chi connectivity index (χ1) is 9.70. The maximum Gasteiger partial charge on any atom is 0.152 e. The van der Waals surface area contributed by atoms with E-state index in [2.05, 4.69) is 36.0 Å². The van der Waals surface area contributed by atoms with Crippen LogP contribution in [0.2, 0.25) is 5.02 Å². The van der Waals surface area contributed by atoms with Crippen molar-refractivity contribution in [1.82, 2.24) is 5.32 Å². The van der Waals surface area contributed by atoms with E-state index in [1.807, 2.05) is 18.2 Å². The number of furan rings is 1. The SMILES string of the molecule is CCNC(c1cc2cccc(Cl)c2o1)c1cscc1C. The second-order valence-electron chi connectivity index (χ2n) is 4.81. The van der Waals surface area contributed by atoms with Gasteiger partial charge in [-0.15, -0.1) is 0 Å². The number of nitrogens with one attached hydrogen (secondary N) is 1. The van der Waals surface area contributed by atoms with Crippen LogP contribution in [-0.2, 0) is 0 Å². The van der Waals surface area contributed by atoms with Gasteiger partial charge in [0.2, 0.25) is 0 Å². The summed E-state index contributed by atoms with van der Waals surface area (Å²) in [5.41, 5.74) is 3.32. The van der Waals surface area contributed by atoms with Crippen LogP contribution in [-0.4, -0.2) is 6.54 Å². The van der Waals surface area contributed by atoms with Gasteiger partial charge < -0.3 is 9.73 Å². The zero-order valence-corrected chi connectivity index (χ0v) is 13.0. The standard InChI is InChI=1S/C16H16ClNOS/c1-3-18-15(12-9-20-8-10(12)2)14-7-11-5-4-6-13(17)16(11)19-14/h4-9,15,18H,3H2,1-2H3. The monoisotopic (exact) mass is 305 g/mol. The number of aryl methyl sites for hydroxylation is 1. The zero-order valence-electron chi connectivity index (χ0n) is 11.4. The molecular weight excluding hydrogens is 290 g/mol. The van der Waals surface area contributed by atoms with E-state index < -0.39 is 0 Å². The van der Waals surface area contributed by atoms with E-state index in [0.717, 1.165) is 23.3 Å². The Morgan fingerprint density at radius 1 is 1.35 bits per heavy atom. The topological polar surface area (TPSA) is 25.2 Å². The first-order valence-electron chi connectivity index (χ1n) is 6.64. The molecule has 1 aromatic carbocycles. The smallest absolute Gasteiger partial charge is 0.152 e. The average Bonchev–Trinajstić information content (AvgIpc) is 3.03. The molecule has 104 valence electrons. The van der Waals surface area contributed by atoms with Crippen molar-refractivity contribution in [1.29, 1.82) is 0 Å². The number of para-hydroxylation sites is 1. The summed E-state index contributed by atoms with van der Waals surface area (Å²) in [6.07, 6.45) is 0. The Balaban J connectivity index is 2.10. The van der Waals surface area contributed by atoms with E-state index in [1.54, 1.807) is 11.3 Å². The molecule has 1 atom stereocenters. The Morgan fingerprint density at radius 2 is 2.20 bits per heavy atom. The fourth-order valence-corrected chi connectivity index (χ4v) is 3.52. The third-order valence-electron chi connectivity index (χ3n) is 3.41. The first kappa shape index (κ1) is 13.7. The fourth-order valence-electron chi connectivity index (χ4n) is 2.42. The number of hydrogen-bond acceptors (Lipinski definition) is 3. The van der Waals surface area contributed by atoms with Gasteiger partial charge in [-0.05, 0) is 47.5 Å². The highest BCUT2D eigenvalue weighted by atomic mass is 35.5. The number of fused-ring (bicyclic) bond motifs is 1. The third kappa shape index (κ3) is 2.37. The van der Waals surface area contributed by atoms with Gasteiger partial charge in [-0.1, -0.05) is 30.7 Å². The number of hydrogen-bond donors (Lipinski definition) is 1. The molecule has 3 aromatic rings. The van der Waals surface area contributed by atoms with Crippen LogP contribution in [0, 0.1) is 6.92 Å². The molecule has 2 aromatic heterocycles. The molecule has 2 nitrogen and oxygen atoms in total. The molecule has 20 heavy (non-hydrogen) atoms. The van der Waals surface area contributed by atoms with Crippen LogP contribution >= 0.6 is 22.9 Å². The zero-order chi connectivity index (χ0) is 14.1. The van der Waals surface area contributed by atoms with Gasteiger partial charge in [0.15, 0.2) is 5.58 Å². The summed E-state index contributed by atoms with van der Waals surface area (Å²) in [4.78, 5) is 0. The van der Waals surface area contributed by atoms with Crippen molar-refractivity contribution in [2.75, 3.05) is 6.54 Å². The third-order valence-corrected chi connectivity index (χ3v) is 4.59. The molecule has 0 bridgehead atoms. The lowest BCUT2D eigenvalue weighted by Crippen LogP contribution is -2.21. The van der Waals surface area contributed by atoms with Gasteiger partial charge >= 0.3 is 0 Å². The normalized spacial score (nSPS) is 12.9. The van der Waals surface area contributed by atoms with Crippen LogP contribution in [0.15, 0.2) is 39.4 Å². The Hall–Kier alpha value is -1.29. The van der Waals surface area contributed by atoms with Crippen molar-refractivity contribution < 1.29 is 4.42 Å². The molecule has 1 unspecified atom stereocenters. The minimum absolute atomic E-state index is 0.0784. The first-order valence-corrected chi connectivity index (χ1v) is 7.96. The van der Waals surface area contributed by atoms with E-state index in [4.69, 9.17) is 16.0 Å². The molecule has 0 saturated heterocycles. The molecule has 0 aliphatic heterocycles. The van der Waals surface area contributed by atoms with Crippen molar-refractivity contribution in [2.24, 2.45) is 0 Å². The lowest BCUT2D eigenvalue weighted by atomic mass is 10.0. The van der Waals surface area contributed by atoms with Gasteiger partial charge in [-0.3, -0.25) is 0 Å². The molecule has 0 aliphatic rings. The van der Waals surface area contributed by atoms with Crippen LogP contribution < -0.4 is 5.32 Å². The van der Waals surface area contributed by atoms with Gasteiger partial charge in [-0.25, -0.2) is 0 Å². The second kappa shape index (κ2) is 5.60. The molecule has 1 N–H and O–H groups in total. The Labute approximate surface area is 127 Å². The molecule has 0 amide bonds. The van der Waals surface area contributed by atoms with Crippen molar-refractivity contribution in [2.45, 2.75) is 19.9 Å². The van der Waals surface area contributed by atoms with Crippen LogP contribution in [0.3, 0.4) is 0 Å². The van der Waals surface area contributed by atoms with Crippen LogP contribution in [0.25, 0.3) is 11.0 Å². The molecule has 0 radical (unpaired) electrons. The summed E-state index contributed by atoms with van der Waals surface area (Å²) in [5.74, 6) is 0.913. The maximum atomic E-state index is 6.20.